The molecule has 0 saturated carbocycles. The molecule has 0 radical (unpaired) electrons. The van der Waals surface area contributed by atoms with Crippen LogP contribution in [0.5, 0.6) is 11.5 Å². The quantitative estimate of drug-likeness (QED) is 0.851. The molecule has 0 N–H and O–H groups in total. The maximum atomic E-state index is 11.8. The van der Waals surface area contributed by atoms with Crippen LogP contribution in [0.4, 0.5) is 0 Å². The highest BCUT2D eigenvalue weighted by Crippen LogP contribution is 2.38. The SMILES string of the molecule is C=C(Cl)CS(=O)Cc1cc(Cl)c2c(c1)OCCCO2. The van der Waals surface area contributed by atoms with Gasteiger partial charge in [-0.2, -0.15) is 0 Å². The lowest BCUT2D eigenvalue weighted by Crippen LogP contribution is -2.02. The van der Waals surface area contributed by atoms with E-state index in [9.17, 15) is 4.21 Å². The lowest BCUT2D eigenvalue weighted by molar-refractivity contribution is 0.297. The Bertz CT molecular complexity index is 517. The number of benzene rings is 1. The Morgan fingerprint density at radius 2 is 2.11 bits per heavy atom. The smallest absolute Gasteiger partial charge is 0.179 e. The van der Waals surface area contributed by atoms with Crippen LogP contribution >= 0.6 is 23.2 Å². The highest BCUT2D eigenvalue weighted by molar-refractivity contribution is 7.84. The first-order valence-corrected chi connectivity index (χ1v) is 8.07. The largest absolute Gasteiger partial charge is 0.489 e. The molecule has 2 rings (SSSR count). The fraction of sp³-hybridized carbons (Fsp3) is 0.385. The molecule has 1 aromatic rings. The Hall–Kier alpha value is -0.710. The Morgan fingerprint density at radius 3 is 2.84 bits per heavy atom. The van der Waals surface area contributed by atoms with Gasteiger partial charge in [0.15, 0.2) is 11.5 Å². The van der Waals surface area contributed by atoms with Crippen molar-refractivity contribution in [1.82, 2.24) is 0 Å². The van der Waals surface area contributed by atoms with Crippen molar-refractivity contribution in [1.29, 1.82) is 0 Å². The fourth-order valence-corrected chi connectivity index (χ4v) is 3.42. The summed E-state index contributed by atoms with van der Waals surface area (Å²) in [5.41, 5.74) is 0.838. The second-order valence-corrected chi connectivity index (χ2v) is 6.60. The monoisotopic (exact) mass is 320 g/mol. The van der Waals surface area contributed by atoms with Gasteiger partial charge in [-0.05, 0) is 17.7 Å². The normalized spacial score (nSPS) is 15.7. The maximum absolute atomic E-state index is 11.8. The van der Waals surface area contributed by atoms with E-state index in [2.05, 4.69) is 6.58 Å². The van der Waals surface area contributed by atoms with Crippen molar-refractivity contribution in [3.05, 3.63) is 34.3 Å². The van der Waals surface area contributed by atoms with Crippen LogP contribution < -0.4 is 9.47 Å². The highest BCUT2D eigenvalue weighted by atomic mass is 35.5. The van der Waals surface area contributed by atoms with E-state index in [4.69, 9.17) is 32.7 Å². The minimum atomic E-state index is -1.10. The Balaban J connectivity index is 2.19. The zero-order chi connectivity index (χ0) is 13.8. The van der Waals surface area contributed by atoms with Crippen LogP contribution in [0.25, 0.3) is 0 Å². The van der Waals surface area contributed by atoms with Gasteiger partial charge in [-0.3, -0.25) is 4.21 Å². The van der Waals surface area contributed by atoms with Crippen LogP contribution in [0.2, 0.25) is 5.02 Å². The first-order valence-electron chi connectivity index (χ1n) is 5.82. The molecule has 6 heteroatoms. The van der Waals surface area contributed by atoms with Crippen LogP contribution in [-0.4, -0.2) is 23.2 Å². The number of rotatable bonds is 4. The molecule has 1 unspecified atom stereocenters. The van der Waals surface area contributed by atoms with Crippen LogP contribution in [0.3, 0.4) is 0 Å². The van der Waals surface area contributed by atoms with Crippen molar-refractivity contribution in [3.63, 3.8) is 0 Å². The van der Waals surface area contributed by atoms with Crippen molar-refractivity contribution in [3.8, 4) is 11.5 Å². The van der Waals surface area contributed by atoms with Gasteiger partial charge in [0, 0.05) is 28.0 Å². The molecule has 0 bridgehead atoms. The van der Waals surface area contributed by atoms with Gasteiger partial charge in [0.1, 0.15) is 0 Å². The highest BCUT2D eigenvalue weighted by Gasteiger charge is 2.16. The maximum Gasteiger partial charge on any atom is 0.179 e. The van der Waals surface area contributed by atoms with Crippen LogP contribution in [0, 0.1) is 0 Å². The summed E-state index contributed by atoms with van der Waals surface area (Å²) in [6.45, 7) is 4.72. The van der Waals surface area contributed by atoms with Gasteiger partial charge in [0.25, 0.3) is 0 Å². The van der Waals surface area contributed by atoms with Crippen LogP contribution in [-0.2, 0) is 16.6 Å². The number of hydrogen-bond donors (Lipinski definition) is 0. The Morgan fingerprint density at radius 1 is 1.37 bits per heavy atom. The van der Waals surface area contributed by atoms with E-state index in [0.717, 1.165) is 12.0 Å². The summed E-state index contributed by atoms with van der Waals surface area (Å²) in [6, 6.07) is 3.57. The molecule has 1 heterocycles. The van der Waals surface area contributed by atoms with Crippen LogP contribution in [0.15, 0.2) is 23.7 Å². The van der Waals surface area contributed by atoms with Gasteiger partial charge in [-0.15, -0.1) is 0 Å². The van der Waals surface area contributed by atoms with E-state index in [0.29, 0.717) is 40.5 Å². The topological polar surface area (TPSA) is 35.5 Å². The Kier molecular flexibility index (Phi) is 5.13. The summed E-state index contributed by atoms with van der Waals surface area (Å²) in [5, 5.41) is 0.870. The second kappa shape index (κ2) is 6.64. The molecule has 1 aromatic carbocycles. The lowest BCUT2D eigenvalue weighted by Gasteiger charge is -2.11. The summed E-state index contributed by atoms with van der Waals surface area (Å²) in [4.78, 5) is 0. The molecule has 1 atom stereocenters. The van der Waals surface area contributed by atoms with Crippen molar-refractivity contribution in [2.75, 3.05) is 19.0 Å². The fourth-order valence-electron chi connectivity index (χ4n) is 1.78. The van der Waals surface area contributed by atoms with E-state index < -0.39 is 10.8 Å². The lowest BCUT2D eigenvalue weighted by atomic mass is 10.2. The Labute approximate surface area is 124 Å². The summed E-state index contributed by atoms with van der Waals surface area (Å²) >= 11 is 11.8. The van der Waals surface area contributed by atoms with Gasteiger partial charge >= 0.3 is 0 Å². The standard InChI is InChI=1S/C13H14Cl2O3S/c1-9(14)7-19(16)8-10-5-11(15)13-12(6-10)17-3-2-4-18-13/h5-6H,1-4,7-8H2. The predicted octanol–water partition coefficient (Wildman–Crippen LogP) is 3.50. The van der Waals surface area contributed by atoms with E-state index in [1.165, 1.54) is 0 Å². The number of ether oxygens (including phenoxy) is 2. The first-order chi connectivity index (χ1) is 9.06. The summed E-state index contributed by atoms with van der Waals surface area (Å²) < 4.78 is 22.9. The molecule has 0 saturated heterocycles. The number of halogens is 2. The zero-order valence-corrected chi connectivity index (χ0v) is 12.6. The van der Waals surface area contributed by atoms with Gasteiger partial charge in [-0.1, -0.05) is 29.8 Å². The van der Waals surface area contributed by atoms with Crippen molar-refractivity contribution in [2.24, 2.45) is 0 Å². The number of hydrogen-bond acceptors (Lipinski definition) is 3. The number of fused-ring (bicyclic) bond motifs is 1. The third kappa shape index (κ3) is 4.13. The molecule has 0 aromatic heterocycles. The van der Waals surface area contributed by atoms with Crippen molar-refractivity contribution >= 4 is 34.0 Å². The molecule has 3 nitrogen and oxygen atoms in total. The third-order valence-electron chi connectivity index (χ3n) is 2.51. The third-order valence-corrected chi connectivity index (χ3v) is 4.41. The molecule has 1 aliphatic heterocycles. The van der Waals surface area contributed by atoms with Crippen LogP contribution in [0.1, 0.15) is 12.0 Å². The molecule has 1 aliphatic rings. The van der Waals surface area contributed by atoms with E-state index in [1.54, 1.807) is 6.07 Å². The van der Waals surface area contributed by atoms with Gasteiger partial charge in [0.05, 0.1) is 24.0 Å². The van der Waals surface area contributed by atoms with E-state index in [-0.39, 0.29) is 5.75 Å². The van der Waals surface area contributed by atoms with Gasteiger partial charge in [0.2, 0.25) is 0 Å². The second-order valence-electron chi connectivity index (χ2n) is 4.20. The summed E-state index contributed by atoms with van der Waals surface area (Å²) in [6.07, 6.45) is 0.818. The van der Waals surface area contributed by atoms with Gasteiger partial charge < -0.3 is 9.47 Å². The van der Waals surface area contributed by atoms with Crippen molar-refractivity contribution in [2.45, 2.75) is 12.2 Å². The molecule has 104 valence electrons. The molecule has 19 heavy (non-hydrogen) atoms. The van der Waals surface area contributed by atoms with E-state index in [1.807, 2.05) is 6.07 Å². The molecule has 0 aliphatic carbocycles. The molecular weight excluding hydrogens is 307 g/mol. The molecular formula is C13H14Cl2O3S. The minimum Gasteiger partial charge on any atom is -0.489 e. The molecule has 0 amide bonds. The van der Waals surface area contributed by atoms with E-state index >= 15 is 0 Å². The predicted molar refractivity (Wildman–Crippen MR) is 78.8 cm³/mol. The van der Waals surface area contributed by atoms with Crippen molar-refractivity contribution < 1.29 is 13.7 Å². The first kappa shape index (κ1) is 14.7. The molecule has 0 fully saturated rings. The average Bonchev–Trinajstić information content (AvgIpc) is 2.53. The zero-order valence-electron chi connectivity index (χ0n) is 10.3. The average molecular weight is 321 g/mol. The summed E-state index contributed by atoms with van der Waals surface area (Å²) in [7, 11) is -1.10. The molecule has 0 spiro atoms. The minimum absolute atomic E-state index is 0.271. The summed E-state index contributed by atoms with van der Waals surface area (Å²) in [5.74, 6) is 1.81. The van der Waals surface area contributed by atoms with Gasteiger partial charge in [-0.25, -0.2) is 0 Å².